The number of nitrogens with zero attached hydrogens (tertiary/aromatic N) is 4. The van der Waals surface area contributed by atoms with Crippen molar-refractivity contribution in [3.63, 3.8) is 0 Å². The Morgan fingerprint density at radius 2 is 1.94 bits per heavy atom. The molecule has 1 aliphatic carbocycles. The maximum Gasteiger partial charge on any atom is 0.573 e. The van der Waals surface area contributed by atoms with Crippen LogP contribution in [0, 0.1) is 0 Å². The van der Waals surface area contributed by atoms with Gasteiger partial charge in [0.25, 0.3) is 5.91 Å². The molecule has 2 aromatic heterocycles. The number of aliphatic hydroxyl groups is 1. The summed E-state index contributed by atoms with van der Waals surface area (Å²) in [5, 5.41) is 16.5. The number of hydrogen-bond donors (Lipinski definition) is 2. The number of aliphatic hydroxyl groups excluding tert-OH is 1. The third-order valence-corrected chi connectivity index (χ3v) is 4.86. The molecule has 3 aromatic rings. The minimum atomic E-state index is -4.79. The molecule has 1 amide bonds. The Balaban J connectivity index is 1.68. The van der Waals surface area contributed by atoms with Crippen molar-refractivity contribution in [2.24, 2.45) is 7.05 Å². The number of aryl methyl sites for hydroxylation is 1. The average molecular weight is 433 g/mol. The van der Waals surface area contributed by atoms with Crippen LogP contribution in [0.3, 0.4) is 0 Å². The van der Waals surface area contributed by atoms with E-state index in [1.165, 1.54) is 36.5 Å². The average Bonchev–Trinajstić information content (AvgIpc) is 3.16. The van der Waals surface area contributed by atoms with Crippen LogP contribution in [0.2, 0.25) is 0 Å². The fourth-order valence-electron chi connectivity index (χ4n) is 3.10. The monoisotopic (exact) mass is 433 g/mol. The topological polar surface area (TPSA) is 102 Å². The molecule has 0 bridgehead atoms. The van der Waals surface area contributed by atoms with Gasteiger partial charge in [0.05, 0.1) is 29.6 Å². The third-order valence-electron chi connectivity index (χ3n) is 4.86. The van der Waals surface area contributed by atoms with Gasteiger partial charge in [0.1, 0.15) is 11.4 Å². The summed E-state index contributed by atoms with van der Waals surface area (Å²) in [6.45, 7) is 0. The molecular weight excluding hydrogens is 415 g/mol. The highest BCUT2D eigenvalue weighted by Crippen LogP contribution is 2.27. The summed E-state index contributed by atoms with van der Waals surface area (Å²) in [7, 11) is 1.72. The Hall–Kier alpha value is -3.47. The zero-order valence-corrected chi connectivity index (χ0v) is 16.3. The van der Waals surface area contributed by atoms with E-state index in [1.54, 1.807) is 17.9 Å². The van der Waals surface area contributed by atoms with Crippen LogP contribution >= 0.6 is 0 Å². The number of carbonyl (C=O) groups excluding carboxylic acids is 1. The lowest BCUT2D eigenvalue weighted by atomic mass is 9.89. The maximum atomic E-state index is 12.7. The van der Waals surface area contributed by atoms with E-state index in [4.69, 9.17) is 0 Å². The smallest absolute Gasteiger partial charge is 0.406 e. The number of rotatable bonds is 5. The number of ether oxygens (including phenoxy) is 1. The minimum absolute atomic E-state index is 0.0681. The predicted molar refractivity (Wildman–Crippen MR) is 103 cm³/mol. The molecule has 2 N–H and O–H groups in total. The molecule has 0 unspecified atom stereocenters. The van der Waals surface area contributed by atoms with Crippen LogP contribution in [0.4, 0.5) is 13.2 Å². The van der Waals surface area contributed by atoms with Gasteiger partial charge in [-0.05, 0) is 43.2 Å². The summed E-state index contributed by atoms with van der Waals surface area (Å²) in [5.74, 6) is -0.607. The lowest BCUT2D eigenvalue weighted by molar-refractivity contribution is -0.274. The molecule has 0 saturated heterocycles. The second kappa shape index (κ2) is 7.99. The van der Waals surface area contributed by atoms with Crippen molar-refractivity contribution in [2.75, 3.05) is 0 Å². The number of carbonyl (C=O) groups is 1. The summed E-state index contributed by atoms with van der Waals surface area (Å²) in [6.07, 6.45) is -0.882. The molecule has 1 aliphatic rings. The van der Waals surface area contributed by atoms with Crippen molar-refractivity contribution in [2.45, 2.75) is 31.3 Å². The highest BCUT2D eigenvalue weighted by Gasteiger charge is 2.32. The lowest BCUT2D eigenvalue weighted by Crippen LogP contribution is -2.50. The van der Waals surface area contributed by atoms with Crippen LogP contribution in [0.1, 0.15) is 23.3 Å². The van der Waals surface area contributed by atoms with E-state index in [0.29, 0.717) is 29.7 Å². The van der Waals surface area contributed by atoms with Crippen LogP contribution in [0.15, 0.2) is 42.7 Å². The van der Waals surface area contributed by atoms with Crippen molar-refractivity contribution in [3.8, 4) is 28.4 Å². The van der Waals surface area contributed by atoms with Gasteiger partial charge >= 0.3 is 6.36 Å². The van der Waals surface area contributed by atoms with Gasteiger partial charge in [0.2, 0.25) is 0 Å². The first-order chi connectivity index (χ1) is 14.7. The molecule has 0 radical (unpaired) electrons. The molecule has 162 valence electrons. The van der Waals surface area contributed by atoms with E-state index in [-0.39, 0.29) is 23.3 Å². The standard InChI is InChI=1S/C20H18F3N5O3/c1-28-10-12(9-24-28)18-25-15(11-2-4-13(5-3-11)31-20(21,22)23)8-16(26-18)19(30)27-14-6-7-17(14)29/h2-5,8-10,14,17,29H,6-7H2,1H3,(H,27,30)/t14-,17+/m0/s1. The van der Waals surface area contributed by atoms with Crippen molar-refractivity contribution in [3.05, 3.63) is 48.4 Å². The minimum Gasteiger partial charge on any atom is -0.406 e. The lowest BCUT2D eigenvalue weighted by Gasteiger charge is -2.32. The molecule has 4 rings (SSSR count). The first-order valence-corrected chi connectivity index (χ1v) is 9.41. The van der Waals surface area contributed by atoms with Gasteiger partial charge < -0.3 is 15.2 Å². The van der Waals surface area contributed by atoms with E-state index in [9.17, 15) is 23.1 Å². The zero-order valence-electron chi connectivity index (χ0n) is 16.3. The normalized spacial score (nSPS) is 18.4. The molecule has 1 fully saturated rings. The van der Waals surface area contributed by atoms with Gasteiger partial charge in [-0.15, -0.1) is 13.2 Å². The summed E-state index contributed by atoms with van der Waals surface area (Å²) >= 11 is 0. The van der Waals surface area contributed by atoms with Gasteiger partial charge in [-0.3, -0.25) is 9.48 Å². The Bertz CT molecular complexity index is 1100. The van der Waals surface area contributed by atoms with Gasteiger partial charge in [-0.1, -0.05) is 0 Å². The Morgan fingerprint density at radius 3 is 2.48 bits per heavy atom. The molecule has 2 heterocycles. The molecular formula is C20H18F3N5O3. The quantitative estimate of drug-likeness (QED) is 0.642. The first-order valence-electron chi connectivity index (χ1n) is 9.41. The van der Waals surface area contributed by atoms with Gasteiger partial charge in [-0.25, -0.2) is 9.97 Å². The van der Waals surface area contributed by atoms with Gasteiger partial charge in [0, 0.05) is 18.8 Å². The Morgan fingerprint density at radius 1 is 1.19 bits per heavy atom. The van der Waals surface area contributed by atoms with E-state index < -0.39 is 18.4 Å². The fraction of sp³-hybridized carbons (Fsp3) is 0.300. The second-order valence-corrected chi connectivity index (χ2v) is 7.16. The Labute approximate surface area is 174 Å². The fourth-order valence-corrected chi connectivity index (χ4v) is 3.10. The molecule has 31 heavy (non-hydrogen) atoms. The summed E-state index contributed by atoms with van der Waals surface area (Å²) in [6, 6.07) is 6.26. The van der Waals surface area contributed by atoms with Gasteiger partial charge in [0.15, 0.2) is 5.82 Å². The van der Waals surface area contributed by atoms with E-state index in [2.05, 4.69) is 25.1 Å². The van der Waals surface area contributed by atoms with Crippen LogP contribution < -0.4 is 10.1 Å². The van der Waals surface area contributed by atoms with Crippen LogP contribution in [-0.2, 0) is 7.05 Å². The van der Waals surface area contributed by atoms with Gasteiger partial charge in [-0.2, -0.15) is 5.10 Å². The first kappa shape index (κ1) is 20.8. The highest BCUT2D eigenvalue weighted by molar-refractivity contribution is 5.94. The van der Waals surface area contributed by atoms with Crippen LogP contribution in [-0.4, -0.2) is 49.3 Å². The summed E-state index contributed by atoms with van der Waals surface area (Å²) in [5.41, 5.74) is 1.45. The number of nitrogens with one attached hydrogen (secondary N) is 1. The summed E-state index contributed by atoms with van der Waals surface area (Å²) < 4.78 is 42.7. The molecule has 1 saturated carbocycles. The van der Waals surface area contributed by atoms with Crippen molar-refractivity contribution in [1.82, 2.24) is 25.1 Å². The maximum absolute atomic E-state index is 12.7. The largest absolute Gasteiger partial charge is 0.573 e. The second-order valence-electron chi connectivity index (χ2n) is 7.16. The van der Waals surface area contributed by atoms with Crippen molar-refractivity contribution >= 4 is 5.91 Å². The number of amides is 1. The van der Waals surface area contributed by atoms with E-state index in [1.807, 2.05) is 0 Å². The summed E-state index contributed by atoms with van der Waals surface area (Å²) in [4.78, 5) is 21.5. The van der Waals surface area contributed by atoms with Crippen LogP contribution in [0.5, 0.6) is 5.75 Å². The number of hydrogen-bond acceptors (Lipinski definition) is 6. The number of alkyl halides is 3. The highest BCUT2D eigenvalue weighted by atomic mass is 19.4. The number of aromatic nitrogens is 4. The SMILES string of the molecule is Cn1cc(-c2nc(C(=O)N[C@H]3CC[C@H]3O)cc(-c3ccc(OC(F)(F)F)cc3)n2)cn1. The molecule has 0 spiro atoms. The van der Waals surface area contributed by atoms with Crippen molar-refractivity contribution < 1.29 is 27.8 Å². The van der Waals surface area contributed by atoms with E-state index in [0.717, 1.165) is 0 Å². The number of benzene rings is 1. The zero-order chi connectivity index (χ0) is 22.2. The number of halogens is 3. The molecule has 0 aliphatic heterocycles. The molecule has 1 aromatic carbocycles. The third kappa shape index (κ3) is 4.82. The van der Waals surface area contributed by atoms with Crippen LogP contribution in [0.25, 0.3) is 22.6 Å². The molecule has 11 heteroatoms. The Kier molecular flexibility index (Phi) is 5.36. The predicted octanol–water partition coefficient (Wildman–Crippen LogP) is 2.70. The molecule has 2 atom stereocenters. The molecule has 8 nitrogen and oxygen atoms in total. The van der Waals surface area contributed by atoms with E-state index >= 15 is 0 Å². The van der Waals surface area contributed by atoms with Crippen molar-refractivity contribution in [1.29, 1.82) is 0 Å².